The summed E-state index contributed by atoms with van der Waals surface area (Å²) in [4.78, 5) is 12.7. The van der Waals surface area contributed by atoms with E-state index >= 15 is 0 Å². The first-order chi connectivity index (χ1) is 9.95. The van der Waals surface area contributed by atoms with Gasteiger partial charge in [0, 0.05) is 39.8 Å². The number of carbonyl (C=O) groups is 1. The number of nitrogens with zero attached hydrogens (tertiary/aromatic N) is 1. The van der Waals surface area contributed by atoms with Crippen LogP contribution >= 0.6 is 27.7 Å². The maximum atomic E-state index is 14.2. The number of halogens is 3. The van der Waals surface area contributed by atoms with Crippen molar-refractivity contribution in [3.8, 4) is 5.75 Å². The van der Waals surface area contributed by atoms with E-state index in [1.165, 1.54) is 23.7 Å². The number of hydrogen-bond acceptors (Lipinski definition) is 3. The summed E-state index contributed by atoms with van der Waals surface area (Å²) >= 11 is 4.59. The maximum absolute atomic E-state index is 14.2. The van der Waals surface area contributed by atoms with Crippen LogP contribution in [0.25, 0.3) is 5.70 Å². The fourth-order valence-corrected chi connectivity index (χ4v) is 2.68. The minimum Gasteiger partial charge on any atom is -0.483 e. The van der Waals surface area contributed by atoms with Crippen LogP contribution in [0.1, 0.15) is 12.0 Å². The van der Waals surface area contributed by atoms with Crippen LogP contribution < -0.4 is 4.74 Å². The van der Waals surface area contributed by atoms with Gasteiger partial charge >= 0.3 is 0 Å². The first-order valence-corrected chi connectivity index (χ1v) is 8.40. The van der Waals surface area contributed by atoms with Crippen molar-refractivity contribution in [3.05, 3.63) is 35.4 Å². The van der Waals surface area contributed by atoms with E-state index in [0.717, 1.165) is 12.1 Å². The summed E-state index contributed by atoms with van der Waals surface area (Å²) in [5, 5.41) is 0. The largest absolute Gasteiger partial charge is 0.483 e. The average molecular weight is 466 g/mol. The molecule has 0 spiro atoms. The van der Waals surface area contributed by atoms with E-state index in [9.17, 15) is 13.6 Å². The first-order valence-electron chi connectivity index (χ1n) is 6.09. The van der Waals surface area contributed by atoms with E-state index < -0.39 is 16.5 Å². The van der Waals surface area contributed by atoms with Gasteiger partial charge in [-0.15, -0.1) is 17.5 Å². The Bertz CT molecular complexity index is 577. The van der Waals surface area contributed by atoms with Crippen molar-refractivity contribution in [3.63, 3.8) is 0 Å². The summed E-state index contributed by atoms with van der Waals surface area (Å²) in [5.74, 6) is -1.39. The molecule has 117 valence electrons. The van der Waals surface area contributed by atoms with Crippen LogP contribution in [0.15, 0.2) is 12.1 Å². The SMILES string of the molecule is CSCOc1cc(F)c(C2=[C-]CC(Br)C(=O)N2C)c(F)c1.[Y]. The summed E-state index contributed by atoms with van der Waals surface area (Å²) in [6, 6.07) is 2.23. The van der Waals surface area contributed by atoms with Crippen molar-refractivity contribution in [1.29, 1.82) is 0 Å². The number of alkyl halides is 1. The zero-order chi connectivity index (χ0) is 15.6. The number of thioether (sulfide) groups is 1. The van der Waals surface area contributed by atoms with Gasteiger partial charge in [0.1, 0.15) is 11.7 Å². The molecule has 2 rings (SSSR count). The fraction of sp³-hybridized carbons (Fsp3) is 0.357. The molecule has 0 aliphatic carbocycles. The number of hydrogen-bond donors (Lipinski definition) is 0. The molecule has 0 saturated heterocycles. The normalized spacial score (nSPS) is 17.9. The van der Waals surface area contributed by atoms with Gasteiger partial charge in [-0.25, -0.2) is 14.9 Å². The Morgan fingerprint density at radius 3 is 2.59 bits per heavy atom. The third kappa shape index (κ3) is 4.31. The maximum Gasteiger partial charge on any atom is 0.236 e. The Morgan fingerprint density at radius 1 is 1.45 bits per heavy atom. The molecule has 0 saturated carbocycles. The molecule has 8 heteroatoms. The van der Waals surface area contributed by atoms with Gasteiger partial charge in [0.05, 0.1) is 16.5 Å². The van der Waals surface area contributed by atoms with Crippen molar-refractivity contribution in [2.45, 2.75) is 11.2 Å². The molecule has 1 amide bonds. The quantitative estimate of drug-likeness (QED) is 0.387. The summed E-state index contributed by atoms with van der Waals surface area (Å²) in [6.45, 7) is 0. The molecule has 0 fully saturated rings. The summed E-state index contributed by atoms with van der Waals surface area (Å²) in [5.41, 5.74) is -0.149. The summed E-state index contributed by atoms with van der Waals surface area (Å²) < 4.78 is 33.6. The van der Waals surface area contributed by atoms with Gasteiger partial charge < -0.3 is 9.64 Å². The Balaban J connectivity index is 0.00000242. The van der Waals surface area contributed by atoms with Gasteiger partial charge in [0.25, 0.3) is 0 Å². The molecule has 1 unspecified atom stereocenters. The van der Waals surface area contributed by atoms with E-state index in [2.05, 4.69) is 22.0 Å². The van der Waals surface area contributed by atoms with Crippen molar-refractivity contribution in [2.24, 2.45) is 0 Å². The first kappa shape index (κ1) is 20.1. The Kier molecular flexibility index (Phi) is 7.99. The molecular weight excluding hydrogens is 453 g/mol. The molecule has 1 heterocycles. The third-order valence-electron chi connectivity index (χ3n) is 2.98. The van der Waals surface area contributed by atoms with Gasteiger partial charge in [-0.2, -0.15) is 0 Å². The average Bonchev–Trinajstić information content (AvgIpc) is 2.44. The molecule has 1 aliphatic rings. The smallest absolute Gasteiger partial charge is 0.236 e. The van der Waals surface area contributed by atoms with Crippen LogP contribution in [0.5, 0.6) is 5.75 Å². The molecule has 1 aromatic rings. The van der Waals surface area contributed by atoms with E-state index in [-0.39, 0.29) is 62.0 Å². The van der Waals surface area contributed by atoms with Gasteiger partial charge in [0.2, 0.25) is 5.91 Å². The fourth-order valence-electron chi connectivity index (χ4n) is 1.95. The molecular formula is C14H13BrF2NO2SY-. The van der Waals surface area contributed by atoms with Gasteiger partial charge in [-0.05, 0) is 18.4 Å². The Labute approximate surface area is 165 Å². The molecule has 3 nitrogen and oxygen atoms in total. The van der Waals surface area contributed by atoms with Crippen LogP contribution in [0.2, 0.25) is 0 Å². The Morgan fingerprint density at radius 2 is 2.05 bits per heavy atom. The second kappa shape index (κ2) is 8.76. The van der Waals surface area contributed by atoms with Crippen molar-refractivity contribution in [2.75, 3.05) is 19.2 Å². The molecule has 0 bridgehead atoms. The number of carbonyl (C=O) groups excluding carboxylic acids is 1. The van der Waals surface area contributed by atoms with Gasteiger partial charge in [0.15, 0.2) is 0 Å². The van der Waals surface area contributed by atoms with Crippen molar-refractivity contribution >= 4 is 39.3 Å². The van der Waals surface area contributed by atoms with Gasteiger partial charge in [-0.3, -0.25) is 4.79 Å². The summed E-state index contributed by atoms with van der Waals surface area (Å²) in [7, 11) is 1.47. The van der Waals surface area contributed by atoms with Crippen molar-refractivity contribution in [1.82, 2.24) is 4.90 Å². The molecule has 22 heavy (non-hydrogen) atoms. The minimum absolute atomic E-state index is 0. The molecule has 1 atom stereocenters. The van der Waals surface area contributed by atoms with Gasteiger partial charge in [-0.1, -0.05) is 27.9 Å². The number of amides is 1. The Hall–Kier alpha value is 0.0239. The molecule has 1 radical (unpaired) electrons. The predicted octanol–water partition coefficient (Wildman–Crippen LogP) is 3.43. The molecule has 1 aliphatic heterocycles. The number of benzene rings is 1. The third-order valence-corrected chi connectivity index (χ3v) is 4.05. The van der Waals surface area contributed by atoms with Crippen LogP contribution in [0.4, 0.5) is 8.78 Å². The van der Waals surface area contributed by atoms with E-state index in [1.807, 2.05) is 6.26 Å². The van der Waals surface area contributed by atoms with E-state index in [4.69, 9.17) is 4.74 Å². The van der Waals surface area contributed by atoms with Crippen LogP contribution in [-0.2, 0) is 37.5 Å². The van der Waals surface area contributed by atoms with Crippen molar-refractivity contribution < 1.29 is 51.0 Å². The second-order valence-corrected chi connectivity index (χ2v) is 6.33. The van der Waals surface area contributed by atoms with E-state index in [1.54, 1.807) is 0 Å². The zero-order valence-corrected chi connectivity index (χ0v) is 17.3. The topological polar surface area (TPSA) is 29.5 Å². The molecule has 0 N–H and O–H groups in total. The monoisotopic (exact) mass is 465 g/mol. The van der Waals surface area contributed by atoms with Crippen LogP contribution in [0, 0.1) is 17.7 Å². The van der Waals surface area contributed by atoms with E-state index in [0.29, 0.717) is 5.94 Å². The summed E-state index contributed by atoms with van der Waals surface area (Å²) in [6.07, 6.45) is 4.95. The second-order valence-electron chi connectivity index (χ2n) is 4.41. The minimum atomic E-state index is -0.777. The van der Waals surface area contributed by atoms with Crippen LogP contribution in [-0.4, -0.2) is 34.9 Å². The standard InChI is InChI=1S/C14H13BrF2NO2S.Y/c1-18-12(4-3-9(15)14(18)19)13-10(16)5-8(6-11(13)17)20-7-21-2;/h5-6,9H,3,7H2,1-2H3;/q-1;. The number of allylic oxidation sites excluding steroid dienone is 1. The number of rotatable bonds is 4. The zero-order valence-electron chi connectivity index (χ0n) is 12.0. The molecule has 1 aromatic carbocycles. The predicted molar refractivity (Wildman–Crippen MR) is 82.1 cm³/mol. The van der Waals surface area contributed by atoms with Crippen LogP contribution in [0.3, 0.4) is 0 Å². The molecule has 0 aromatic heterocycles. The number of ether oxygens (including phenoxy) is 1.